The Balaban J connectivity index is 1.40. The second-order valence-corrected chi connectivity index (χ2v) is 8.32. The first-order chi connectivity index (χ1) is 16.2. The number of aromatic nitrogens is 5. The number of thioether (sulfide) groups is 1. The van der Waals surface area contributed by atoms with Crippen LogP contribution in [0.25, 0.3) is 28.0 Å². The summed E-state index contributed by atoms with van der Waals surface area (Å²) >= 11 is 1.34. The molecule has 0 unspecified atom stereocenters. The zero-order valence-corrected chi connectivity index (χ0v) is 18.7. The van der Waals surface area contributed by atoms with Gasteiger partial charge in [0.2, 0.25) is 5.91 Å². The third-order valence-electron chi connectivity index (χ3n) is 5.04. The maximum Gasteiger partial charge on any atom is 0.234 e. The maximum absolute atomic E-state index is 12.8. The van der Waals surface area contributed by atoms with E-state index >= 15 is 0 Å². The van der Waals surface area contributed by atoms with E-state index < -0.39 is 0 Å². The summed E-state index contributed by atoms with van der Waals surface area (Å²) in [6.45, 7) is 1.92. The number of rotatable bonds is 6. The first kappa shape index (κ1) is 20.8. The van der Waals surface area contributed by atoms with Gasteiger partial charge in [0.1, 0.15) is 0 Å². The minimum Gasteiger partial charge on any atom is -0.325 e. The average molecular weight is 453 g/mol. The van der Waals surface area contributed by atoms with Crippen molar-refractivity contribution in [1.29, 1.82) is 0 Å². The lowest BCUT2D eigenvalue weighted by Crippen LogP contribution is -2.15. The highest BCUT2D eigenvalue weighted by Crippen LogP contribution is 2.28. The Labute approximate surface area is 194 Å². The lowest BCUT2D eigenvalue weighted by atomic mass is 10.1. The van der Waals surface area contributed by atoms with Gasteiger partial charge in [0.15, 0.2) is 11.0 Å². The van der Waals surface area contributed by atoms with Crippen LogP contribution in [0.3, 0.4) is 0 Å². The topological polar surface area (TPSA) is 85.6 Å². The smallest absolute Gasteiger partial charge is 0.234 e. The van der Waals surface area contributed by atoms with Gasteiger partial charge in [0, 0.05) is 34.7 Å². The molecule has 7 nitrogen and oxygen atoms in total. The molecule has 5 rings (SSSR count). The fourth-order valence-corrected chi connectivity index (χ4v) is 4.34. The number of nitrogens with one attached hydrogen (secondary N) is 1. The molecule has 0 saturated carbocycles. The van der Waals surface area contributed by atoms with Crippen molar-refractivity contribution < 1.29 is 4.79 Å². The Bertz CT molecular complexity index is 1420. The third-order valence-corrected chi connectivity index (χ3v) is 5.97. The van der Waals surface area contributed by atoms with Gasteiger partial charge in [-0.1, -0.05) is 48.2 Å². The summed E-state index contributed by atoms with van der Waals surface area (Å²) in [6, 6.07) is 23.3. The van der Waals surface area contributed by atoms with E-state index in [9.17, 15) is 4.79 Å². The Morgan fingerprint density at radius 1 is 0.970 bits per heavy atom. The summed E-state index contributed by atoms with van der Waals surface area (Å²) < 4.78 is 1.96. The van der Waals surface area contributed by atoms with E-state index in [1.165, 1.54) is 11.8 Å². The highest BCUT2D eigenvalue weighted by Gasteiger charge is 2.17. The molecule has 0 atom stereocenters. The molecule has 0 fully saturated rings. The van der Waals surface area contributed by atoms with Crippen molar-refractivity contribution in [1.82, 2.24) is 24.7 Å². The molecule has 0 saturated heterocycles. The molecule has 0 aliphatic heterocycles. The molecular formula is C25H20N6OS. The summed E-state index contributed by atoms with van der Waals surface area (Å²) in [5.41, 5.74) is 4.28. The third kappa shape index (κ3) is 4.47. The first-order valence-corrected chi connectivity index (χ1v) is 11.4. The zero-order chi connectivity index (χ0) is 22.6. The van der Waals surface area contributed by atoms with Gasteiger partial charge in [-0.2, -0.15) is 0 Å². The van der Waals surface area contributed by atoms with Crippen LogP contribution in [0.2, 0.25) is 0 Å². The lowest BCUT2D eigenvalue weighted by Gasteiger charge is -2.11. The normalized spacial score (nSPS) is 10.9. The largest absolute Gasteiger partial charge is 0.325 e. The molecule has 0 aliphatic carbocycles. The number of hydrogen-bond acceptors (Lipinski definition) is 6. The van der Waals surface area contributed by atoms with E-state index in [1.807, 2.05) is 84.3 Å². The van der Waals surface area contributed by atoms with Gasteiger partial charge >= 0.3 is 0 Å². The quantitative estimate of drug-likeness (QED) is 0.368. The first-order valence-electron chi connectivity index (χ1n) is 10.4. The maximum atomic E-state index is 12.8. The Morgan fingerprint density at radius 2 is 1.73 bits per heavy atom. The summed E-state index contributed by atoms with van der Waals surface area (Å²) in [5, 5.41) is 13.4. The summed E-state index contributed by atoms with van der Waals surface area (Å²) in [4.78, 5) is 21.5. The van der Waals surface area contributed by atoms with Gasteiger partial charge in [-0.05, 0) is 43.3 Å². The van der Waals surface area contributed by atoms with Crippen LogP contribution in [0.15, 0.2) is 90.3 Å². The molecule has 1 amide bonds. The average Bonchev–Trinajstić information content (AvgIpc) is 3.28. The second-order valence-electron chi connectivity index (χ2n) is 7.38. The number of aryl methyl sites for hydroxylation is 1. The van der Waals surface area contributed by atoms with Crippen LogP contribution in [0.1, 0.15) is 5.69 Å². The van der Waals surface area contributed by atoms with Gasteiger partial charge in [-0.15, -0.1) is 10.2 Å². The molecule has 1 N–H and O–H groups in total. The number of anilines is 1. The lowest BCUT2D eigenvalue weighted by molar-refractivity contribution is -0.113. The predicted octanol–water partition coefficient (Wildman–Crippen LogP) is 4.92. The van der Waals surface area contributed by atoms with Gasteiger partial charge in [-0.25, -0.2) is 0 Å². The van der Waals surface area contributed by atoms with E-state index in [2.05, 4.69) is 25.5 Å². The molecule has 3 aromatic heterocycles. The number of benzene rings is 2. The molecule has 8 heteroatoms. The molecule has 2 aromatic carbocycles. The van der Waals surface area contributed by atoms with Gasteiger partial charge in [0.05, 0.1) is 17.0 Å². The Hall–Kier alpha value is -4.04. The van der Waals surface area contributed by atoms with E-state index in [-0.39, 0.29) is 11.7 Å². The van der Waals surface area contributed by atoms with Crippen LogP contribution < -0.4 is 5.32 Å². The van der Waals surface area contributed by atoms with Crippen molar-refractivity contribution >= 4 is 34.3 Å². The van der Waals surface area contributed by atoms with Crippen molar-refractivity contribution in [2.45, 2.75) is 12.1 Å². The number of carbonyl (C=O) groups is 1. The van der Waals surface area contributed by atoms with E-state index in [0.29, 0.717) is 11.0 Å². The van der Waals surface area contributed by atoms with Gasteiger partial charge in [-0.3, -0.25) is 19.3 Å². The Kier molecular flexibility index (Phi) is 5.82. The number of hydrogen-bond donors (Lipinski definition) is 1. The summed E-state index contributed by atoms with van der Waals surface area (Å²) in [6.07, 6.45) is 3.45. The molecule has 0 bridgehead atoms. The van der Waals surface area contributed by atoms with Crippen LogP contribution in [-0.4, -0.2) is 36.4 Å². The SMILES string of the molecule is Cc1cc(NC(=O)CSc2nnc(-c3ccncc3)n2-c2ccccc2)c2ccccc2n1. The second kappa shape index (κ2) is 9.22. The highest BCUT2D eigenvalue weighted by molar-refractivity contribution is 7.99. The van der Waals surface area contributed by atoms with Crippen molar-refractivity contribution in [2.75, 3.05) is 11.1 Å². The van der Waals surface area contributed by atoms with Crippen LogP contribution in [0.4, 0.5) is 5.69 Å². The molecule has 0 aliphatic rings. The van der Waals surface area contributed by atoms with Crippen molar-refractivity contribution in [3.05, 3.63) is 90.9 Å². The van der Waals surface area contributed by atoms with Crippen molar-refractivity contribution in [2.24, 2.45) is 0 Å². The number of nitrogens with zero attached hydrogens (tertiary/aromatic N) is 5. The molecule has 162 valence electrons. The molecule has 0 spiro atoms. The van der Waals surface area contributed by atoms with Crippen molar-refractivity contribution in [3.8, 4) is 17.1 Å². The predicted molar refractivity (Wildman–Crippen MR) is 130 cm³/mol. The number of pyridine rings is 2. The van der Waals surface area contributed by atoms with Crippen LogP contribution in [0.5, 0.6) is 0 Å². The fraction of sp³-hybridized carbons (Fsp3) is 0.0800. The van der Waals surface area contributed by atoms with E-state index in [4.69, 9.17) is 0 Å². The van der Waals surface area contributed by atoms with Crippen LogP contribution >= 0.6 is 11.8 Å². The van der Waals surface area contributed by atoms with Gasteiger partial charge in [0.25, 0.3) is 0 Å². The zero-order valence-electron chi connectivity index (χ0n) is 17.8. The molecule has 5 aromatic rings. The minimum absolute atomic E-state index is 0.121. The minimum atomic E-state index is -0.121. The molecular weight excluding hydrogens is 432 g/mol. The van der Waals surface area contributed by atoms with Crippen molar-refractivity contribution in [3.63, 3.8) is 0 Å². The number of carbonyl (C=O) groups excluding carboxylic acids is 1. The van der Waals surface area contributed by atoms with Gasteiger partial charge < -0.3 is 5.32 Å². The standard InChI is InChI=1S/C25H20N6OS/c1-17-15-22(20-9-5-6-10-21(20)27-17)28-23(32)16-33-25-30-29-24(18-11-13-26-14-12-18)31(25)19-7-3-2-4-8-19/h2-15H,16H2,1H3,(H,27,28,32). The fourth-order valence-electron chi connectivity index (χ4n) is 3.59. The number of amides is 1. The highest BCUT2D eigenvalue weighted by atomic mass is 32.2. The molecule has 33 heavy (non-hydrogen) atoms. The molecule has 0 radical (unpaired) electrons. The molecule has 3 heterocycles. The van der Waals surface area contributed by atoms with E-state index in [0.717, 1.165) is 33.5 Å². The van der Waals surface area contributed by atoms with E-state index in [1.54, 1.807) is 12.4 Å². The number of para-hydroxylation sites is 2. The summed E-state index contributed by atoms with van der Waals surface area (Å²) in [7, 11) is 0. The Morgan fingerprint density at radius 3 is 2.55 bits per heavy atom. The summed E-state index contributed by atoms with van der Waals surface area (Å²) in [5.74, 6) is 0.767. The number of fused-ring (bicyclic) bond motifs is 1. The van der Waals surface area contributed by atoms with Crippen LogP contribution in [0, 0.1) is 6.92 Å². The van der Waals surface area contributed by atoms with Crippen LogP contribution in [-0.2, 0) is 4.79 Å². The monoisotopic (exact) mass is 452 g/mol.